The monoisotopic (exact) mass is 533 g/mol. The fraction of sp³-hybridized carbons (Fsp3) is 0.360. The first kappa shape index (κ1) is 25.9. The van der Waals surface area contributed by atoms with Crippen LogP contribution in [0.4, 0.5) is 20.2 Å². The molecule has 4 rings (SSSR count). The first-order chi connectivity index (χ1) is 17.2. The quantitative estimate of drug-likeness (QED) is 0.357. The number of thiazole rings is 1. The Morgan fingerprint density at radius 2 is 1.86 bits per heavy atom. The Morgan fingerprint density at radius 3 is 2.44 bits per heavy atom. The average molecular weight is 534 g/mol. The van der Waals surface area contributed by atoms with Gasteiger partial charge in [-0.25, -0.2) is 18.6 Å². The topological polar surface area (TPSA) is 99.6 Å². The van der Waals surface area contributed by atoms with Gasteiger partial charge in [0.05, 0.1) is 17.7 Å². The maximum absolute atomic E-state index is 13.5. The van der Waals surface area contributed by atoms with Crippen molar-refractivity contribution >= 4 is 51.8 Å². The zero-order chi connectivity index (χ0) is 25.8. The molecule has 190 valence electrons. The number of hydrogen-bond donors (Lipinski definition) is 2. The molecule has 3 aromatic rings. The molecule has 0 spiro atoms. The number of amides is 2. The Kier molecular flexibility index (Phi) is 8.10. The van der Waals surface area contributed by atoms with E-state index >= 15 is 0 Å². The van der Waals surface area contributed by atoms with Crippen LogP contribution in [-0.4, -0.2) is 40.8 Å². The van der Waals surface area contributed by atoms with Gasteiger partial charge in [-0.05, 0) is 55.4 Å². The molecule has 36 heavy (non-hydrogen) atoms. The molecule has 0 unspecified atom stereocenters. The number of nitrogens with zero attached hydrogens (tertiary/aromatic N) is 2. The highest BCUT2D eigenvalue weighted by Gasteiger charge is 2.33. The first-order valence-corrected chi connectivity index (χ1v) is 13.3. The lowest BCUT2D eigenvalue weighted by Gasteiger charge is -2.31. The summed E-state index contributed by atoms with van der Waals surface area (Å²) >= 11 is 2.23. The second-order valence-corrected chi connectivity index (χ2v) is 10.6. The van der Waals surface area contributed by atoms with Gasteiger partial charge in [-0.15, -0.1) is 22.7 Å². The summed E-state index contributed by atoms with van der Waals surface area (Å²) in [5.41, 5.74) is 3.01. The number of thiophene rings is 1. The van der Waals surface area contributed by atoms with Crippen LogP contribution in [0.5, 0.6) is 0 Å². The van der Waals surface area contributed by atoms with Crippen LogP contribution in [-0.2, 0) is 4.79 Å². The second kappa shape index (κ2) is 11.3. The molecule has 0 radical (unpaired) electrons. The van der Waals surface area contributed by atoms with Gasteiger partial charge in [0.1, 0.15) is 10.6 Å². The van der Waals surface area contributed by atoms with Gasteiger partial charge in [0.25, 0.3) is 12.3 Å². The number of alkyl halides is 2. The predicted molar refractivity (Wildman–Crippen MR) is 136 cm³/mol. The van der Waals surface area contributed by atoms with Crippen molar-refractivity contribution in [1.29, 1.82) is 0 Å². The van der Waals surface area contributed by atoms with Gasteiger partial charge in [-0.2, -0.15) is 0 Å². The number of aromatic carboxylic acids is 1. The van der Waals surface area contributed by atoms with Crippen LogP contribution in [0.2, 0.25) is 0 Å². The zero-order valence-electron chi connectivity index (χ0n) is 19.4. The van der Waals surface area contributed by atoms with Crippen molar-refractivity contribution in [3.63, 3.8) is 0 Å². The number of carbonyl (C=O) groups excluding carboxylic acids is 2. The van der Waals surface area contributed by atoms with Gasteiger partial charge in [0.15, 0.2) is 0 Å². The van der Waals surface area contributed by atoms with Crippen molar-refractivity contribution < 1.29 is 28.3 Å². The van der Waals surface area contributed by atoms with Crippen molar-refractivity contribution in [1.82, 2.24) is 4.98 Å². The maximum atomic E-state index is 13.5. The van der Waals surface area contributed by atoms with E-state index in [2.05, 4.69) is 17.2 Å². The number of carboxylic acid groups (broad SMARTS) is 1. The lowest BCUT2D eigenvalue weighted by Crippen LogP contribution is -2.41. The highest BCUT2D eigenvalue weighted by atomic mass is 32.1. The van der Waals surface area contributed by atoms with Crippen LogP contribution in [0.25, 0.3) is 10.4 Å². The van der Waals surface area contributed by atoms with Gasteiger partial charge in [0, 0.05) is 21.9 Å². The number of halogens is 2. The smallest absolute Gasteiger partial charge is 0.348 e. The number of nitrogens with one attached hydrogen (secondary N) is 1. The third-order valence-electron chi connectivity index (χ3n) is 6.24. The van der Waals surface area contributed by atoms with E-state index in [-0.39, 0.29) is 16.5 Å². The van der Waals surface area contributed by atoms with E-state index in [0.717, 1.165) is 29.1 Å². The maximum Gasteiger partial charge on any atom is 0.348 e. The van der Waals surface area contributed by atoms with Crippen LogP contribution in [0, 0.1) is 11.8 Å². The predicted octanol–water partition coefficient (Wildman–Crippen LogP) is 6.25. The molecule has 2 N–H and O–H groups in total. The molecule has 1 fully saturated rings. The molecule has 2 aromatic heterocycles. The molecule has 1 aliphatic rings. The lowest BCUT2D eigenvalue weighted by molar-refractivity contribution is -0.124. The van der Waals surface area contributed by atoms with Crippen LogP contribution in [0.1, 0.15) is 52.8 Å². The Balaban J connectivity index is 1.60. The van der Waals surface area contributed by atoms with Crippen LogP contribution in [0.3, 0.4) is 0 Å². The average Bonchev–Trinajstić information content (AvgIpc) is 3.54. The Bertz CT molecular complexity index is 1220. The van der Waals surface area contributed by atoms with Crippen molar-refractivity contribution in [2.45, 2.75) is 39.0 Å². The second-order valence-electron chi connectivity index (χ2n) is 8.83. The van der Waals surface area contributed by atoms with Gasteiger partial charge < -0.3 is 15.3 Å². The molecule has 0 bridgehead atoms. The van der Waals surface area contributed by atoms with E-state index in [0.29, 0.717) is 40.6 Å². The van der Waals surface area contributed by atoms with Gasteiger partial charge in [-0.1, -0.05) is 19.1 Å². The van der Waals surface area contributed by atoms with Crippen LogP contribution in [0.15, 0.2) is 41.2 Å². The summed E-state index contributed by atoms with van der Waals surface area (Å²) in [6, 6.07) is 8.19. The third kappa shape index (κ3) is 5.96. The standard InChI is InChI=1S/C25H25F2N3O4S2/c1-14-2-4-16(5-3-14)24(32)30(11-21(26)27)19-10-20(36-22(19)25(33)34)15-6-8-17(9-7-15)29-23(31)18-12-35-13-28-18/h6-10,12-14,16,21H,2-5,11H2,1H3,(H,29,31)(H,33,34). The lowest BCUT2D eigenvalue weighted by atomic mass is 9.82. The number of aromatic nitrogens is 1. The molecule has 2 amide bonds. The van der Waals surface area contributed by atoms with E-state index in [9.17, 15) is 28.3 Å². The minimum atomic E-state index is -2.80. The summed E-state index contributed by atoms with van der Waals surface area (Å²) in [6.45, 7) is 1.24. The molecule has 1 saturated carbocycles. The number of hydrogen-bond acceptors (Lipinski definition) is 6. The summed E-state index contributed by atoms with van der Waals surface area (Å²) < 4.78 is 27.0. The third-order valence-corrected chi connectivity index (χ3v) is 7.99. The van der Waals surface area contributed by atoms with Crippen molar-refractivity contribution in [2.75, 3.05) is 16.8 Å². The van der Waals surface area contributed by atoms with Crippen molar-refractivity contribution in [2.24, 2.45) is 11.8 Å². The molecule has 1 aliphatic carbocycles. The number of carbonyl (C=O) groups is 3. The SMILES string of the molecule is CC1CCC(C(=O)N(CC(F)F)c2cc(-c3ccc(NC(=O)c4cscn4)cc3)sc2C(=O)O)CC1. The zero-order valence-corrected chi connectivity index (χ0v) is 21.1. The summed E-state index contributed by atoms with van der Waals surface area (Å²) in [5, 5.41) is 14.2. The van der Waals surface area contributed by atoms with Crippen molar-refractivity contribution in [3.05, 3.63) is 51.8 Å². The Morgan fingerprint density at radius 1 is 1.17 bits per heavy atom. The van der Waals surface area contributed by atoms with E-state index in [1.165, 1.54) is 17.4 Å². The highest BCUT2D eigenvalue weighted by Crippen LogP contribution is 2.39. The number of benzene rings is 1. The highest BCUT2D eigenvalue weighted by molar-refractivity contribution is 7.18. The minimum absolute atomic E-state index is 0.00710. The van der Waals surface area contributed by atoms with Gasteiger partial charge >= 0.3 is 5.97 Å². The fourth-order valence-electron chi connectivity index (χ4n) is 4.29. The fourth-order valence-corrected chi connectivity index (χ4v) is 5.82. The molecule has 0 atom stereocenters. The molecule has 2 heterocycles. The van der Waals surface area contributed by atoms with Crippen molar-refractivity contribution in [3.8, 4) is 10.4 Å². The molecule has 11 heteroatoms. The molecule has 1 aromatic carbocycles. The van der Waals surface area contributed by atoms with Gasteiger partial charge in [0.2, 0.25) is 5.91 Å². The first-order valence-electron chi connectivity index (χ1n) is 11.5. The van der Waals surface area contributed by atoms with Crippen LogP contribution >= 0.6 is 22.7 Å². The summed E-state index contributed by atoms with van der Waals surface area (Å²) in [4.78, 5) is 42.8. The molecular weight excluding hydrogens is 508 g/mol. The van der Waals surface area contributed by atoms with E-state index in [4.69, 9.17) is 0 Å². The Labute approximate surface area is 214 Å². The van der Waals surface area contributed by atoms with Crippen LogP contribution < -0.4 is 10.2 Å². The summed E-state index contributed by atoms with van der Waals surface area (Å²) in [6.07, 6.45) is 0.0816. The van der Waals surface area contributed by atoms with Gasteiger partial charge in [-0.3, -0.25) is 9.59 Å². The summed E-state index contributed by atoms with van der Waals surface area (Å²) in [7, 11) is 0. The number of rotatable bonds is 8. The van der Waals surface area contributed by atoms with E-state index in [1.807, 2.05) is 0 Å². The Hall–Kier alpha value is -3.18. The molecule has 0 aliphatic heterocycles. The summed E-state index contributed by atoms with van der Waals surface area (Å²) in [5.74, 6) is -2.00. The minimum Gasteiger partial charge on any atom is -0.477 e. The number of carboxylic acids is 1. The molecule has 7 nitrogen and oxygen atoms in total. The number of anilines is 2. The normalized spacial score (nSPS) is 17.7. The molecule has 0 saturated heterocycles. The van der Waals surface area contributed by atoms with E-state index < -0.39 is 30.8 Å². The molecular formula is C25H25F2N3O4S2. The largest absolute Gasteiger partial charge is 0.477 e. The van der Waals surface area contributed by atoms with E-state index in [1.54, 1.807) is 35.2 Å².